The van der Waals surface area contributed by atoms with Crippen LogP contribution in [0.25, 0.3) is 0 Å². The van der Waals surface area contributed by atoms with Gasteiger partial charge in [0.05, 0.1) is 0 Å². The number of halogens is 1. The second-order valence-corrected chi connectivity index (χ2v) is 3.76. The van der Waals surface area contributed by atoms with Crippen molar-refractivity contribution in [1.82, 2.24) is 5.32 Å². The van der Waals surface area contributed by atoms with Crippen molar-refractivity contribution in [2.75, 3.05) is 6.67 Å². The Morgan fingerprint density at radius 1 is 1.33 bits per heavy atom. The van der Waals surface area contributed by atoms with Crippen LogP contribution in [0.2, 0.25) is 0 Å². The lowest BCUT2D eigenvalue weighted by Crippen LogP contribution is -2.40. The zero-order valence-electron chi connectivity index (χ0n) is 7.98. The van der Waals surface area contributed by atoms with Crippen LogP contribution in [0.5, 0.6) is 0 Å². The molecule has 0 spiro atoms. The van der Waals surface area contributed by atoms with E-state index in [-0.39, 0.29) is 12.7 Å². The summed E-state index contributed by atoms with van der Waals surface area (Å²) in [7, 11) is 0. The van der Waals surface area contributed by atoms with E-state index in [1.165, 1.54) is 32.1 Å². The first kappa shape index (κ1) is 9.97. The predicted octanol–water partition coefficient (Wildman–Crippen LogP) is 2.66. The molecule has 0 radical (unpaired) electrons. The van der Waals surface area contributed by atoms with E-state index >= 15 is 0 Å². The van der Waals surface area contributed by atoms with Crippen molar-refractivity contribution in [2.45, 2.75) is 57.5 Å². The van der Waals surface area contributed by atoms with Gasteiger partial charge >= 0.3 is 0 Å². The number of rotatable bonds is 4. The second kappa shape index (κ2) is 5.52. The van der Waals surface area contributed by atoms with Gasteiger partial charge in [0.25, 0.3) is 0 Å². The highest BCUT2D eigenvalue weighted by molar-refractivity contribution is 4.76. The standard InChI is InChI=1S/C10H20FN/c1-2-9(8-11)12-10-6-4-3-5-7-10/h9-10,12H,2-8H2,1H3. The summed E-state index contributed by atoms with van der Waals surface area (Å²) in [5.41, 5.74) is 0. The molecule has 1 N–H and O–H groups in total. The molecule has 0 aromatic heterocycles. The molecule has 0 amide bonds. The van der Waals surface area contributed by atoms with Crippen molar-refractivity contribution in [3.05, 3.63) is 0 Å². The lowest BCUT2D eigenvalue weighted by molar-refractivity contribution is 0.292. The average molecular weight is 173 g/mol. The maximum atomic E-state index is 12.4. The molecule has 0 heterocycles. The summed E-state index contributed by atoms with van der Waals surface area (Å²) in [6.45, 7) is 1.83. The fourth-order valence-corrected chi connectivity index (χ4v) is 1.87. The summed E-state index contributed by atoms with van der Waals surface area (Å²) in [5, 5.41) is 3.38. The monoisotopic (exact) mass is 173 g/mol. The number of alkyl halides is 1. The van der Waals surface area contributed by atoms with Gasteiger partial charge in [-0.05, 0) is 19.3 Å². The van der Waals surface area contributed by atoms with Gasteiger partial charge in [0.1, 0.15) is 6.67 Å². The van der Waals surface area contributed by atoms with Crippen LogP contribution in [0.15, 0.2) is 0 Å². The molecular formula is C10H20FN. The Morgan fingerprint density at radius 3 is 2.50 bits per heavy atom. The normalized spacial score (nSPS) is 22.5. The third-order valence-electron chi connectivity index (χ3n) is 2.76. The Balaban J connectivity index is 2.18. The van der Waals surface area contributed by atoms with Gasteiger partial charge in [0.15, 0.2) is 0 Å². The van der Waals surface area contributed by atoms with E-state index in [1.807, 2.05) is 6.92 Å². The fraction of sp³-hybridized carbons (Fsp3) is 1.00. The Bertz CT molecular complexity index is 106. The average Bonchev–Trinajstić information content (AvgIpc) is 2.16. The van der Waals surface area contributed by atoms with E-state index in [1.54, 1.807) is 0 Å². The molecule has 1 unspecified atom stereocenters. The molecule has 2 heteroatoms. The van der Waals surface area contributed by atoms with Crippen LogP contribution in [0, 0.1) is 0 Å². The van der Waals surface area contributed by atoms with E-state index in [0.717, 1.165) is 6.42 Å². The Labute approximate surface area is 74.7 Å². The van der Waals surface area contributed by atoms with E-state index in [9.17, 15) is 4.39 Å². The SMILES string of the molecule is CCC(CF)NC1CCCCC1. The maximum Gasteiger partial charge on any atom is 0.105 e. The zero-order chi connectivity index (χ0) is 8.81. The summed E-state index contributed by atoms with van der Waals surface area (Å²) < 4.78 is 12.4. The molecule has 12 heavy (non-hydrogen) atoms. The quantitative estimate of drug-likeness (QED) is 0.689. The van der Waals surface area contributed by atoms with Gasteiger partial charge in [-0.3, -0.25) is 0 Å². The molecule has 1 rings (SSSR count). The first-order chi connectivity index (χ1) is 5.86. The molecule has 0 aliphatic heterocycles. The Kier molecular flexibility index (Phi) is 4.59. The van der Waals surface area contributed by atoms with Gasteiger partial charge in [-0.25, -0.2) is 4.39 Å². The van der Waals surface area contributed by atoms with Crippen molar-refractivity contribution in [3.8, 4) is 0 Å². The van der Waals surface area contributed by atoms with Gasteiger partial charge in [0, 0.05) is 12.1 Å². The summed E-state index contributed by atoms with van der Waals surface area (Å²) in [4.78, 5) is 0. The van der Waals surface area contributed by atoms with Crippen LogP contribution < -0.4 is 5.32 Å². The summed E-state index contributed by atoms with van der Waals surface area (Å²) in [6, 6.07) is 0.701. The van der Waals surface area contributed by atoms with Crippen LogP contribution in [0.1, 0.15) is 45.4 Å². The van der Waals surface area contributed by atoms with Gasteiger partial charge < -0.3 is 5.32 Å². The molecule has 72 valence electrons. The molecule has 1 atom stereocenters. The Hall–Kier alpha value is -0.110. The van der Waals surface area contributed by atoms with Crippen molar-refractivity contribution < 1.29 is 4.39 Å². The van der Waals surface area contributed by atoms with E-state index in [0.29, 0.717) is 6.04 Å². The predicted molar refractivity (Wildman–Crippen MR) is 50.1 cm³/mol. The molecule has 0 saturated heterocycles. The maximum absolute atomic E-state index is 12.4. The number of hydrogen-bond acceptors (Lipinski definition) is 1. The number of hydrogen-bond donors (Lipinski definition) is 1. The van der Waals surface area contributed by atoms with Crippen LogP contribution in [0.4, 0.5) is 4.39 Å². The minimum absolute atomic E-state index is 0.105. The Morgan fingerprint density at radius 2 is 2.00 bits per heavy atom. The minimum atomic E-state index is -0.215. The molecule has 1 saturated carbocycles. The summed E-state index contributed by atoms with van der Waals surface area (Å²) in [5.74, 6) is 0. The molecule has 1 aliphatic carbocycles. The van der Waals surface area contributed by atoms with Crippen molar-refractivity contribution >= 4 is 0 Å². The van der Waals surface area contributed by atoms with Gasteiger partial charge in [-0.15, -0.1) is 0 Å². The van der Waals surface area contributed by atoms with Gasteiger partial charge in [-0.1, -0.05) is 26.2 Å². The van der Waals surface area contributed by atoms with E-state index < -0.39 is 0 Å². The van der Waals surface area contributed by atoms with Crippen LogP contribution in [-0.2, 0) is 0 Å². The van der Waals surface area contributed by atoms with Crippen LogP contribution in [0.3, 0.4) is 0 Å². The van der Waals surface area contributed by atoms with Gasteiger partial charge in [0.2, 0.25) is 0 Å². The molecule has 0 aromatic carbocycles. The summed E-state index contributed by atoms with van der Waals surface area (Å²) in [6.07, 6.45) is 7.41. The number of nitrogens with one attached hydrogen (secondary N) is 1. The smallest absolute Gasteiger partial charge is 0.105 e. The molecule has 1 aliphatic rings. The first-order valence-corrected chi connectivity index (χ1v) is 5.18. The summed E-state index contributed by atoms with van der Waals surface area (Å²) >= 11 is 0. The highest BCUT2D eigenvalue weighted by Gasteiger charge is 2.16. The highest BCUT2D eigenvalue weighted by atomic mass is 19.1. The topological polar surface area (TPSA) is 12.0 Å². The molecule has 1 nitrogen and oxygen atoms in total. The van der Waals surface area contributed by atoms with Crippen molar-refractivity contribution in [3.63, 3.8) is 0 Å². The van der Waals surface area contributed by atoms with E-state index in [4.69, 9.17) is 0 Å². The minimum Gasteiger partial charge on any atom is -0.309 e. The largest absolute Gasteiger partial charge is 0.309 e. The molecule has 0 bridgehead atoms. The molecular weight excluding hydrogens is 153 g/mol. The fourth-order valence-electron chi connectivity index (χ4n) is 1.87. The third-order valence-corrected chi connectivity index (χ3v) is 2.76. The lowest BCUT2D eigenvalue weighted by atomic mass is 9.95. The zero-order valence-corrected chi connectivity index (χ0v) is 7.98. The van der Waals surface area contributed by atoms with Gasteiger partial charge in [-0.2, -0.15) is 0 Å². The highest BCUT2D eigenvalue weighted by Crippen LogP contribution is 2.18. The third kappa shape index (κ3) is 3.10. The van der Waals surface area contributed by atoms with Crippen LogP contribution >= 0.6 is 0 Å². The van der Waals surface area contributed by atoms with Crippen molar-refractivity contribution in [2.24, 2.45) is 0 Å². The molecule has 0 aromatic rings. The molecule has 1 fully saturated rings. The van der Waals surface area contributed by atoms with Crippen LogP contribution in [-0.4, -0.2) is 18.8 Å². The van der Waals surface area contributed by atoms with Crippen molar-refractivity contribution in [1.29, 1.82) is 0 Å². The van der Waals surface area contributed by atoms with E-state index in [2.05, 4.69) is 5.32 Å². The second-order valence-electron chi connectivity index (χ2n) is 3.76. The first-order valence-electron chi connectivity index (χ1n) is 5.18. The lowest BCUT2D eigenvalue weighted by Gasteiger charge is -2.26.